The summed E-state index contributed by atoms with van der Waals surface area (Å²) in [5.74, 6) is 1.73. The standard InChI is InChI=1S/C35H38BrNO5/c1-35(2)41-23-28-21-27(11-18-33(28)42-35)32(38)22-37(20-19-24-5-12-29(36)13-6-24)34(25-7-14-30(39-3)15-8-25)26-9-16-31(40-4)17-10-26/h5-18,21,32,34,38H,19-20,22-23H2,1-4H3. The summed E-state index contributed by atoms with van der Waals surface area (Å²) in [5, 5.41) is 11.7. The van der Waals surface area contributed by atoms with Crippen LogP contribution in [0.15, 0.2) is 95.5 Å². The van der Waals surface area contributed by atoms with E-state index >= 15 is 0 Å². The van der Waals surface area contributed by atoms with Gasteiger partial charge in [-0.15, -0.1) is 0 Å². The predicted molar refractivity (Wildman–Crippen MR) is 168 cm³/mol. The highest BCUT2D eigenvalue weighted by Crippen LogP contribution is 2.36. The maximum Gasteiger partial charge on any atom is 0.205 e. The fraction of sp³-hybridized carbons (Fsp3) is 0.314. The number of aliphatic hydroxyl groups excluding tert-OH is 1. The summed E-state index contributed by atoms with van der Waals surface area (Å²) in [6.07, 6.45) is 0.0955. The molecule has 6 nitrogen and oxygen atoms in total. The van der Waals surface area contributed by atoms with Gasteiger partial charge in [-0.25, -0.2) is 0 Å². The molecule has 5 rings (SSSR count). The second-order valence-electron chi connectivity index (χ2n) is 11.0. The SMILES string of the molecule is COc1ccc(C(c2ccc(OC)cc2)N(CCc2ccc(Br)cc2)CC(O)c2ccc3c(c2)COC(C)(C)O3)cc1. The number of benzene rings is 4. The molecule has 4 aromatic carbocycles. The predicted octanol–water partition coefficient (Wildman–Crippen LogP) is 7.48. The number of hydrogen-bond acceptors (Lipinski definition) is 6. The minimum Gasteiger partial charge on any atom is -0.497 e. The number of rotatable bonds is 11. The van der Waals surface area contributed by atoms with Crippen LogP contribution in [-0.2, 0) is 17.8 Å². The van der Waals surface area contributed by atoms with E-state index in [9.17, 15) is 5.11 Å². The molecule has 7 heteroatoms. The van der Waals surface area contributed by atoms with Crippen LogP contribution in [0.25, 0.3) is 0 Å². The van der Waals surface area contributed by atoms with E-state index in [1.165, 1.54) is 5.56 Å². The van der Waals surface area contributed by atoms with Gasteiger partial charge in [0.25, 0.3) is 0 Å². The Bertz CT molecular complexity index is 1410. The van der Waals surface area contributed by atoms with Gasteiger partial charge in [-0.3, -0.25) is 4.90 Å². The first-order valence-electron chi connectivity index (χ1n) is 14.1. The van der Waals surface area contributed by atoms with E-state index in [0.717, 1.165) is 56.9 Å². The zero-order chi connectivity index (χ0) is 29.7. The molecule has 0 saturated carbocycles. The third kappa shape index (κ3) is 7.34. The van der Waals surface area contributed by atoms with Gasteiger partial charge in [-0.05, 0) is 77.2 Å². The molecule has 0 saturated heterocycles. The van der Waals surface area contributed by atoms with Crippen molar-refractivity contribution in [2.75, 3.05) is 27.3 Å². The molecule has 4 aromatic rings. The van der Waals surface area contributed by atoms with E-state index in [0.29, 0.717) is 13.2 Å². The average Bonchev–Trinajstić information content (AvgIpc) is 3.00. The Labute approximate surface area is 256 Å². The number of nitrogens with zero attached hydrogens (tertiary/aromatic N) is 1. The van der Waals surface area contributed by atoms with Gasteiger partial charge in [0.2, 0.25) is 5.79 Å². The number of hydrogen-bond donors (Lipinski definition) is 1. The van der Waals surface area contributed by atoms with Gasteiger partial charge >= 0.3 is 0 Å². The van der Waals surface area contributed by atoms with E-state index in [2.05, 4.69) is 69.4 Å². The van der Waals surface area contributed by atoms with Crippen LogP contribution >= 0.6 is 15.9 Å². The molecule has 1 aliphatic heterocycles. The van der Waals surface area contributed by atoms with E-state index in [4.69, 9.17) is 18.9 Å². The van der Waals surface area contributed by atoms with Crippen molar-refractivity contribution in [1.29, 1.82) is 0 Å². The van der Waals surface area contributed by atoms with Crippen LogP contribution in [-0.4, -0.2) is 43.1 Å². The van der Waals surface area contributed by atoms with Crippen LogP contribution in [0.4, 0.5) is 0 Å². The van der Waals surface area contributed by atoms with Crippen LogP contribution < -0.4 is 14.2 Å². The topological polar surface area (TPSA) is 60.4 Å². The Morgan fingerprint density at radius 1 is 0.833 bits per heavy atom. The molecule has 0 fully saturated rings. The van der Waals surface area contributed by atoms with Crippen molar-refractivity contribution in [2.45, 2.75) is 44.8 Å². The molecule has 0 amide bonds. The zero-order valence-corrected chi connectivity index (χ0v) is 26.1. The van der Waals surface area contributed by atoms with Gasteiger partial charge in [0.05, 0.1) is 33.0 Å². The first-order chi connectivity index (χ1) is 20.2. The number of fused-ring (bicyclic) bond motifs is 1. The monoisotopic (exact) mass is 631 g/mol. The third-order valence-corrected chi connectivity index (χ3v) is 8.17. The smallest absolute Gasteiger partial charge is 0.205 e. The Morgan fingerprint density at radius 2 is 1.40 bits per heavy atom. The van der Waals surface area contributed by atoms with E-state index in [1.54, 1.807) is 14.2 Å². The summed E-state index contributed by atoms with van der Waals surface area (Å²) in [4.78, 5) is 2.35. The minimum absolute atomic E-state index is 0.114. The first-order valence-corrected chi connectivity index (χ1v) is 14.9. The highest BCUT2D eigenvalue weighted by molar-refractivity contribution is 9.10. The fourth-order valence-corrected chi connectivity index (χ4v) is 5.59. The summed E-state index contributed by atoms with van der Waals surface area (Å²) in [6.45, 7) is 5.40. The van der Waals surface area contributed by atoms with Gasteiger partial charge in [0, 0.05) is 37.0 Å². The lowest BCUT2D eigenvalue weighted by molar-refractivity contribution is -0.180. The Morgan fingerprint density at radius 3 is 1.98 bits per heavy atom. The number of halogens is 1. The lowest BCUT2D eigenvalue weighted by Crippen LogP contribution is -2.36. The van der Waals surface area contributed by atoms with Crippen molar-refractivity contribution in [2.24, 2.45) is 0 Å². The second-order valence-corrected chi connectivity index (χ2v) is 11.9. The van der Waals surface area contributed by atoms with Crippen LogP contribution in [0.5, 0.6) is 17.2 Å². The molecule has 1 unspecified atom stereocenters. The van der Waals surface area contributed by atoms with Gasteiger partial charge in [-0.2, -0.15) is 0 Å². The van der Waals surface area contributed by atoms with Gasteiger partial charge in [0.15, 0.2) is 0 Å². The highest BCUT2D eigenvalue weighted by atomic mass is 79.9. The van der Waals surface area contributed by atoms with Crippen molar-refractivity contribution >= 4 is 15.9 Å². The highest BCUT2D eigenvalue weighted by Gasteiger charge is 2.29. The second kappa shape index (κ2) is 13.3. The molecule has 0 aliphatic carbocycles. The Balaban J connectivity index is 1.49. The lowest BCUT2D eigenvalue weighted by atomic mass is 9.95. The van der Waals surface area contributed by atoms with Crippen molar-refractivity contribution in [3.63, 3.8) is 0 Å². The lowest BCUT2D eigenvalue weighted by Gasteiger charge is -2.35. The number of ether oxygens (including phenoxy) is 4. The van der Waals surface area contributed by atoms with E-state index in [1.807, 2.05) is 56.3 Å². The molecular weight excluding hydrogens is 594 g/mol. The molecule has 220 valence electrons. The van der Waals surface area contributed by atoms with Crippen LogP contribution in [0.2, 0.25) is 0 Å². The van der Waals surface area contributed by atoms with Gasteiger partial charge in [0.1, 0.15) is 17.2 Å². The van der Waals surface area contributed by atoms with Gasteiger partial charge < -0.3 is 24.1 Å². The van der Waals surface area contributed by atoms with Crippen molar-refractivity contribution in [3.05, 3.63) is 123 Å². The average molecular weight is 633 g/mol. The van der Waals surface area contributed by atoms with Gasteiger partial charge in [-0.1, -0.05) is 58.4 Å². The van der Waals surface area contributed by atoms with Crippen LogP contribution in [0.3, 0.4) is 0 Å². The fourth-order valence-electron chi connectivity index (χ4n) is 5.33. The van der Waals surface area contributed by atoms with Crippen LogP contribution in [0.1, 0.15) is 53.8 Å². The quantitative estimate of drug-likeness (QED) is 0.185. The zero-order valence-electron chi connectivity index (χ0n) is 24.5. The molecule has 1 aliphatic rings. The normalized spacial score (nSPS) is 14.8. The van der Waals surface area contributed by atoms with Crippen molar-refractivity contribution in [1.82, 2.24) is 4.90 Å². The maximum absolute atomic E-state index is 11.7. The Kier molecular flexibility index (Phi) is 9.53. The molecule has 0 bridgehead atoms. The first kappa shape index (κ1) is 30.1. The Hall–Kier alpha value is -3.36. The summed E-state index contributed by atoms with van der Waals surface area (Å²) in [6, 6.07) is 30.5. The number of methoxy groups -OCH3 is 2. The molecule has 0 radical (unpaired) electrons. The summed E-state index contributed by atoms with van der Waals surface area (Å²) in [5.41, 5.74) is 5.22. The molecule has 1 atom stereocenters. The largest absolute Gasteiger partial charge is 0.497 e. The van der Waals surface area contributed by atoms with Crippen LogP contribution in [0, 0.1) is 0 Å². The summed E-state index contributed by atoms with van der Waals surface area (Å²) >= 11 is 3.54. The third-order valence-electron chi connectivity index (χ3n) is 7.64. The van der Waals surface area contributed by atoms with E-state index in [-0.39, 0.29) is 6.04 Å². The minimum atomic E-state index is -0.728. The molecular formula is C35H38BrNO5. The molecule has 1 heterocycles. The molecule has 1 N–H and O–H groups in total. The molecule has 0 aromatic heterocycles. The maximum atomic E-state index is 11.7. The summed E-state index contributed by atoms with van der Waals surface area (Å²) < 4.78 is 23.8. The van der Waals surface area contributed by atoms with E-state index < -0.39 is 11.9 Å². The summed E-state index contributed by atoms with van der Waals surface area (Å²) in [7, 11) is 3.35. The molecule has 42 heavy (non-hydrogen) atoms. The molecule has 0 spiro atoms. The number of aliphatic hydroxyl groups is 1. The van der Waals surface area contributed by atoms with Crippen molar-refractivity contribution in [3.8, 4) is 17.2 Å². The van der Waals surface area contributed by atoms with Crippen molar-refractivity contribution < 1.29 is 24.1 Å².